The second-order valence-electron chi connectivity index (χ2n) is 5.61. The van der Waals surface area contributed by atoms with Crippen LogP contribution in [0.2, 0.25) is 0 Å². The van der Waals surface area contributed by atoms with Crippen LogP contribution >= 0.6 is 0 Å². The Morgan fingerprint density at radius 1 is 1.27 bits per heavy atom. The van der Waals surface area contributed by atoms with Crippen LogP contribution in [-0.2, 0) is 16.4 Å². The van der Waals surface area contributed by atoms with Crippen LogP contribution in [0.25, 0.3) is 0 Å². The summed E-state index contributed by atoms with van der Waals surface area (Å²) >= 11 is 0. The summed E-state index contributed by atoms with van der Waals surface area (Å²) in [5.74, 6) is -0.945. The third kappa shape index (κ3) is 2.81. The number of ether oxygens (including phenoxy) is 1. The van der Waals surface area contributed by atoms with Crippen molar-refractivity contribution in [2.24, 2.45) is 5.92 Å². The monoisotopic (exact) mass is 335 g/mol. The van der Waals surface area contributed by atoms with Crippen molar-refractivity contribution in [3.05, 3.63) is 23.8 Å². The number of hydrogen-bond acceptors (Lipinski definition) is 3. The fourth-order valence-electron chi connectivity index (χ4n) is 2.90. The van der Waals surface area contributed by atoms with E-state index >= 15 is 0 Å². The number of sulfonamides is 1. The number of alkyl halides is 3. The normalized spacial score (nSPS) is 23.1. The Balaban J connectivity index is 1.86. The standard InChI is InChI=1S/C14H16F3NO3S/c15-14(16,17)11-2-1-6-18(9-11)22(19,20)12-3-4-13-10(8-12)5-7-21-13/h3-4,8,11H,1-2,5-7,9H2/t11-/m1/s1. The molecule has 22 heavy (non-hydrogen) atoms. The molecule has 0 aromatic heterocycles. The van der Waals surface area contributed by atoms with Crippen LogP contribution < -0.4 is 4.74 Å². The van der Waals surface area contributed by atoms with Crippen LogP contribution in [0, 0.1) is 5.92 Å². The zero-order valence-electron chi connectivity index (χ0n) is 11.8. The van der Waals surface area contributed by atoms with Gasteiger partial charge < -0.3 is 4.74 Å². The lowest BCUT2D eigenvalue weighted by atomic mass is 9.99. The Hall–Kier alpha value is -1.28. The lowest BCUT2D eigenvalue weighted by Crippen LogP contribution is -2.44. The molecule has 122 valence electrons. The molecule has 2 aliphatic rings. The maximum atomic E-state index is 12.8. The maximum Gasteiger partial charge on any atom is 0.393 e. The Bertz CT molecular complexity index is 672. The smallest absolute Gasteiger partial charge is 0.393 e. The highest BCUT2D eigenvalue weighted by molar-refractivity contribution is 7.89. The van der Waals surface area contributed by atoms with E-state index in [1.54, 1.807) is 6.07 Å². The van der Waals surface area contributed by atoms with Gasteiger partial charge in [0.25, 0.3) is 0 Å². The van der Waals surface area contributed by atoms with E-state index in [4.69, 9.17) is 4.74 Å². The summed E-state index contributed by atoms with van der Waals surface area (Å²) in [5.41, 5.74) is 0.783. The van der Waals surface area contributed by atoms with Crippen LogP contribution in [0.15, 0.2) is 23.1 Å². The molecule has 1 atom stereocenters. The van der Waals surface area contributed by atoms with Gasteiger partial charge in [-0.1, -0.05) is 0 Å². The Labute approximate surface area is 126 Å². The predicted molar refractivity (Wildman–Crippen MR) is 73.2 cm³/mol. The highest BCUT2D eigenvalue weighted by Gasteiger charge is 2.44. The van der Waals surface area contributed by atoms with Crippen molar-refractivity contribution in [3.8, 4) is 5.75 Å². The molecule has 0 radical (unpaired) electrons. The summed E-state index contributed by atoms with van der Waals surface area (Å²) in [6, 6.07) is 4.48. The number of rotatable bonds is 2. The largest absolute Gasteiger partial charge is 0.493 e. The molecule has 0 saturated carbocycles. The number of fused-ring (bicyclic) bond motifs is 1. The lowest BCUT2D eigenvalue weighted by molar-refractivity contribution is -0.182. The lowest BCUT2D eigenvalue weighted by Gasteiger charge is -2.32. The molecule has 1 aromatic carbocycles. The predicted octanol–water partition coefficient (Wildman–Crippen LogP) is 2.58. The SMILES string of the molecule is O=S(=O)(c1ccc2c(c1)CCO2)N1CCC[C@@H](C(F)(F)F)C1. The Kier molecular flexibility index (Phi) is 3.84. The molecule has 3 rings (SSSR count). The molecule has 0 N–H and O–H groups in total. The molecule has 4 nitrogen and oxygen atoms in total. The maximum absolute atomic E-state index is 12.8. The second-order valence-corrected chi connectivity index (χ2v) is 7.55. The highest BCUT2D eigenvalue weighted by Crippen LogP contribution is 2.36. The van der Waals surface area contributed by atoms with E-state index in [2.05, 4.69) is 0 Å². The van der Waals surface area contributed by atoms with E-state index < -0.39 is 28.7 Å². The van der Waals surface area contributed by atoms with E-state index in [1.807, 2.05) is 0 Å². The number of benzene rings is 1. The molecule has 2 heterocycles. The molecule has 0 spiro atoms. The van der Waals surface area contributed by atoms with Gasteiger partial charge in [0.05, 0.1) is 17.4 Å². The molecule has 0 amide bonds. The van der Waals surface area contributed by atoms with Crippen molar-refractivity contribution in [1.29, 1.82) is 0 Å². The minimum Gasteiger partial charge on any atom is -0.493 e. The van der Waals surface area contributed by atoms with Crippen molar-refractivity contribution in [3.63, 3.8) is 0 Å². The first kappa shape index (κ1) is 15.6. The van der Waals surface area contributed by atoms with E-state index in [9.17, 15) is 21.6 Å². The zero-order valence-corrected chi connectivity index (χ0v) is 12.6. The van der Waals surface area contributed by atoms with E-state index in [-0.39, 0.29) is 24.3 Å². The summed E-state index contributed by atoms with van der Waals surface area (Å²) in [6.07, 6.45) is -3.55. The molecule has 0 bridgehead atoms. The average molecular weight is 335 g/mol. The van der Waals surface area contributed by atoms with Gasteiger partial charge >= 0.3 is 6.18 Å². The van der Waals surface area contributed by atoms with E-state index in [1.165, 1.54) is 12.1 Å². The molecule has 1 aromatic rings. The number of hydrogen-bond donors (Lipinski definition) is 0. The van der Waals surface area contributed by atoms with Gasteiger partial charge in [-0.3, -0.25) is 0 Å². The van der Waals surface area contributed by atoms with Crippen molar-refractivity contribution in [2.75, 3.05) is 19.7 Å². The molecular formula is C14H16F3NO3S. The quantitative estimate of drug-likeness (QED) is 0.835. The zero-order chi connectivity index (χ0) is 16.0. The van der Waals surface area contributed by atoms with Crippen LogP contribution in [0.3, 0.4) is 0 Å². The van der Waals surface area contributed by atoms with Crippen molar-refractivity contribution in [1.82, 2.24) is 4.31 Å². The average Bonchev–Trinajstić information content (AvgIpc) is 2.94. The van der Waals surface area contributed by atoms with Gasteiger partial charge in [0.1, 0.15) is 5.75 Å². The second kappa shape index (κ2) is 5.42. The van der Waals surface area contributed by atoms with Gasteiger partial charge in [0, 0.05) is 19.5 Å². The van der Waals surface area contributed by atoms with Crippen molar-refractivity contribution >= 4 is 10.0 Å². The first-order valence-electron chi connectivity index (χ1n) is 7.11. The van der Waals surface area contributed by atoms with Gasteiger partial charge in [-0.15, -0.1) is 0 Å². The van der Waals surface area contributed by atoms with E-state index in [0.717, 1.165) is 9.87 Å². The molecular weight excluding hydrogens is 319 g/mol. The first-order valence-corrected chi connectivity index (χ1v) is 8.55. The van der Waals surface area contributed by atoms with Crippen LogP contribution in [0.5, 0.6) is 5.75 Å². The Morgan fingerprint density at radius 3 is 2.77 bits per heavy atom. The van der Waals surface area contributed by atoms with Crippen molar-refractivity contribution < 1.29 is 26.3 Å². The van der Waals surface area contributed by atoms with Crippen LogP contribution in [-0.4, -0.2) is 38.6 Å². The van der Waals surface area contributed by atoms with Crippen molar-refractivity contribution in [2.45, 2.75) is 30.3 Å². The van der Waals surface area contributed by atoms with Gasteiger partial charge in [-0.25, -0.2) is 8.42 Å². The third-order valence-corrected chi connectivity index (χ3v) is 6.01. The molecule has 0 unspecified atom stereocenters. The fourth-order valence-corrected chi connectivity index (χ4v) is 4.48. The molecule has 1 saturated heterocycles. The molecule has 0 aliphatic carbocycles. The molecule has 1 fully saturated rings. The topological polar surface area (TPSA) is 46.6 Å². The van der Waals surface area contributed by atoms with Crippen LogP contribution in [0.4, 0.5) is 13.2 Å². The van der Waals surface area contributed by atoms with E-state index in [0.29, 0.717) is 18.8 Å². The number of piperidine rings is 1. The van der Waals surface area contributed by atoms with Gasteiger partial charge in [0.2, 0.25) is 10.0 Å². The fraction of sp³-hybridized carbons (Fsp3) is 0.571. The Morgan fingerprint density at radius 2 is 2.05 bits per heavy atom. The summed E-state index contributed by atoms with van der Waals surface area (Å²) in [7, 11) is -3.90. The third-order valence-electron chi connectivity index (χ3n) is 4.15. The molecule has 8 heteroatoms. The van der Waals surface area contributed by atoms with Crippen LogP contribution in [0.1, 0.15) is 18.4 Å². The van der Waals surface area contributed by atoms with Gasteiger partial charge in [-0.05, 0) is 36.6 Å². The summed E-state index contributed by atoms with van der Waals surface area (Å²) < 4.78 is 70.0. The number of nitrogens with zero attached hydrogens (tertiary/aromatic N) is 1. The minimum atomic E-state index is -4.36. The van der Waals surface area contributed by atoms with Gasteiger partial charge in [0.15, 0.2) is 0 Å². The first-order chi connectivity index (χ1) is 10.3. The number of halogens is 3. The minimum absolute atomic E-state index is 0.0203. The summed E-state index contributed by atoms with van der Waals surface area (Å²) in [5, 5.41) is 0. The highest BCUT2D eigenvalue weighted by atomic mass is 32.2. The molecule has 2 aliphatic heterocycles. The summed E-state index contributed by atoms with van der Waals surface area (Å²) in [6.45, 7) is 0.126. The van der Waals surface area contributed by atoms with Gasteiger partial charge in [-0.2, -0.15) is 17.5 Å². The summed E-state index contributed by atoms with van der Waals surface area (Å²) in [4.78, 5) is 0.0413.